The largest absolute Gasteiger partial charge is 0.481 e. The summed E-state index contributed by atoms with van der Waals surface area (Å²) in [6.07, 6.45) is 4.20. The Hall–Kier alpha value is -2.40. The molecule has 1 aliphatic carbocycles. The minimum atomic E-state index is -0.754. The van der Waals surface area contributed by atoms with Crippen molar-refractivity contribution >= 4 is 23.5 Å². The maximum atomic E-state index is 12.6. The summed E-state index contributed by atoms with van der Waals surface area (Å²) in [5.41, 5.74) is 2.00. The van der Waals surface area contributed by atoms with Gasteiger partial charge in [-0.05, 0) is 49.9 Å². The number of benzene rings is 1. The molecule has 2 N–H and O–H groups in total. The molecule has 1 aromatic heterocycles. The van der Waals surface area contributed by atoms with Crippen LogP contribution in [-0.4, -0.2) is 28.0 Å². The molecule has 0 saturated heterocycles. The lowest BCUT2D eigenvalue weighted by Gasteiger charge is -2.27. The highest BCUT2D eigenvalue weighted by atomic mass is 35.5. The summed E-state index contributed by atoms with van der Waals surface area (Å²) in [6.45, 7) is 0. The van der Waals surface area contributed by atoms with Crippen LogP contribution in [0.2, 0.25) is 5.02 Å². The van der Waals surface area contributed by atoms with Crippen molar-refractivity contribution in [3.05, 3.63) is 53.2 Å². The Labute approximate surface area is 151 Å². The maximum Gasteiger partial charge on any atom is 0.306 e. The molecule has 2 aromatic rings. The zero-order valence-electron chi connectivity index (χ0n) is 13.6. The number of carbonyl (C=O) groups is 2. The molecule has 0 bridgehead atoms. The molecular formula is C19H19ClN2O3. The number of carbonyl (C=O) groups excluding carboxylic acids is 1. The second kappa shape index (κ2) is 7.66. The summed E-state index contributed by atoms with van der Waals surface area (Å²) in [6, 6.07) is 10.8. The number of aliphatic carboxylic acids is 1. The van der Waals surface area contributed by atoms with Crippen LogP contribution in [0.1, 0.15) is 36.0 Å². The van der Waals surface area contributed by atoms with Gasteiger partial charge in [0.25, 0.3) is 5.91 Å². The van der Waals surface area contributed by atoms with Crippen molar-refractivity contribution in [1.29, 1.82) is 0 Å². The second-order valence-corrected chi connectivity index (χ2v) is 6.68. The first-order valence-corrected chi connectivity index (χ1v) is 8.67. The summed E-state index contributed by atoms with van der Waals surface area (Å²) in [4.78, 5) is 27.9. The average Bonchev–Trinajstić information content (AvgIpc) is 2.63. The van der Waals surface area contributed by atoms with E-state index in [0.717, 1.165) is 11.3 Å². The van der Waals surface area contributed by atoms with Crippen LogP contribution in [0.4, 0.5) is 0 Å². The van der Waals surface area contributed by atoms with Gasteiger partial charge in [0.05, 0.1) is 22.2 Å². The van der Waals surface area contributed by atoms with E-state index in [-0.39, 0.29) is 17.9 Å². The number of pyridine rings is 1. The normalized spacial score (nSPS) is 20.0. The molecule has 6 heteroatoms. The molecule has 1 fully saturated rings. The smallest absolute Gasteiger partial charge is 0.306 e. The minimum Gasteiger partial charge on any atom is -0.481 e. The Bertz CT molecular complexity index is 771. The van der Waals surface area contributed by atoms with Crippen LogP contribution >= 0.6 is 11.6 Å². The van der Waals surface area contributed by atoms with Gasteiger partial charge in [-0.1, -0.05) is 23.7 Å². The van der Waals surface area contributed by atoms with Gasteiger partial charge in [-0.2, -0.15) is 0 Å². The van der Waals surface area contributed by atoms with Crippen LogP contribution < -0.4 is 5.32 Å². The van der Waals surface area contributed by atoms with Gasteiger partial charge in [-0.25, -0.2) is 0 Å². The molecule has 1 heterocycles. The third kappa shape index (κ3) is 4.17. The van der Waals surface area contributed by atoms with Crippen LogP contribution in [-0.2, 0) is 4.79 Å². The van der Waals surface area contributed by atoms with Crippen molar-refractivity contribution in [2.75, 3.05) is 0 Å². The molecule has 5 nitrogen and oxygen atoms in total. The predicted molar refractivity (Wildman–Crippen MR) is 95.5 cm³/mol. The summed E-state index contributed by atoms with van der Waals surface area (Å²) in [5.74, 6) is -1.29. The number of amides is 1. The van der Waals surface area contributed by atoms with E-state index in [4.69, 9.17) is 16.7 Å². The van der Waals surface area contributed by atoms with Crippen molar-refractivity contribution in [2.45, 2.75) is 31.7 Å². The van der Waals surface area contributed by atoms with E-state index >= 15 is 0 Å². The SMILES string of the molecule is O=C(NC1CCC(C(=O)O)CC1)c1cc(-c2ccccn2)ccc1Cl. The Balaban J connectivity index is 1.71. The number of aromatic nitrogens is 1. The van der Waals surface area contributed by atoms with Gasteiger partial charge in [0.15, 0.2) is 0 Å². The molecule has 1 aliphatic rings. The highest BCUT2D eigenvalue weighted by molar-refractivity contribution is 6.34. The number of halogens is 1. The fourth-order valence-electron chi connectivity index (χ4n) is 3.14. The van der Waals surface area contributed by atoms with Crippen molar-refractivity contribution < 1.29 is 14.7 Å². The number of hydrogen-bond donors (Lipinski definition) is 2. The summed E-state index contributed by atoms with van der Waals surface area (Å²) < 4.78 is 0. The van der Waals surface area contributed by atoms with Gasteiger partial charge in [-0.3, -0.25) is 14.6 Å². The van der Waals surface area contributed by atoms with Crippen molar-refractivity contribution in [3.8, 4) is 11.3 Å². The fourth-order valence-corrected chi connectivity index (χ4v) is 3.34. The minimum absolute atomic E-state index is 0.0160. The zero-order valence-corrected chi connectivity index (χ0v) is 14.4. The first-order chi connectivity index (χ1) is 12.0. The second-order valence-electron chi connectivity index (χ2n) is 6.27. The molecule has 1 amide bonds. The predicted octanol–water partition coefficient (Wildman–Crippen LogP) is 3.78. The lowest BCUT2D eigenvalue weighted by atomic mass is 9.86. The third-order valence-electron chi connectivity index (χ3n) is 4.58. The van der Waals surface area contributed by atoms with E-state index in [2.05, 4.69) is 10.3 Å². The van der Waals surface area contributed by atoms with E-state index in [1.165, 1.54) is 0 Å². The number of carboxylic acids is 1. The van der Waals surface area contributed by atoms with E-state index in [9.17, 15) is 9.59 Å². The van der Waals surface area contributed by atoms with E-state index in [1.54, 1.807) is 18.3 Å². The van der Waals surface area contributed by atoms with Crippen LogP contribution in [0.25, 0.3) is 11.3 Å². The first kappa shape index (κ1) is 17.4. The van der Waals surface area contributed by atoms with Gasteiger partial charge in [0.1, 0.15) is 0 Å². The van der Waals surface area contributed by atoms with Gasteiger partial charge in [0, 0.05) is 17.8 Å². The van der Waals surface area contributed by atoms with Gasteiger partial charge in [-0.15, -0.1) is 0 Å². The van der Waals surface area contributed by atoms with E-state index < -0.39 is 5.97 Å². The van der Waals surface area contributed by atoms with Crippen molar-refractivity contribution in [2.24, 2.45) is 5.92 Å². The number of hydrogen-bond acceptors (Lipinski definition) is 3. The standard InChI is InChI=1S/C19H19ClN2O3/c20-16-9-6-13(17-3-1-2-10-21-17)11-15(16)18(23)22-14-7-4-12(5-8-14)19(24)25/h1-3,6,9-12,14H,4-5,7-8H2,(H,22,23)(H,24,25). The number of nitrogens with one attached hydrogen (secondary N) is 1. The summed E-state index contributed by atoms with van der Waals surface area (Å²) in [7, 11) is 0. The Morgan fingerprint density at radius 1 is 1.12 bits per heavy atom. The molecule has 3 rings (SSSR count). The first-order valence-electron chi connectivity index (χ1n) is 8.29. The fraction of sp³-hybridized carbons (Fsp3) is 0.316. The lowest BCUT2D eigenvalue weighted by Crippen LogP contribution is -2.38. The van der Waals surface area contributed by atoms with Crippen LogP contribution in [0.15, 0.2) is 42.6 Å². The molecule has 0 radical (unpaired) electrons. The van der Waals surface area contributed by atoms with E-state index in [1.807, 2.05) is 24.3 Å². The molecular weight excluding hydrogens is 340 g/mol. The van der Waals surface area contributed by atoms with Crippen molar-refractivity contribution in [3.63, 3.8) is 0 Å². The molecule has 0 aliphatic heterocycles. The monoisotopic (exact) mass is 358 g/mol. The Morgan fingerprint density at radius 2 is 1.88 bits per heavy atom. The van der Waals surface area contributed by atoms with E-state index in [0.29, 0.717) is 36.3 Å². The number of nitrogens with zero attached hydrogens (tertiary/aromatic N) is 1. The van der Waals surface area contributed by atoms with Crippen LogP contribution in [0, 0.1) is 5.92 Å². The van der Waals surface area contributed by atoms with Crippen LogP contribution in [0.3, 0.4) is 0 Å². The molecule has 0 spiro atoms. The topological polar surface area (TPSA) is 79.3 Å². The number of carboxylic acid groups (broad SMARTS) is 1. The van der Waals surface area contributed by atoms with Crippen LogP contribution in [0.5, 0.6) is 0 Å². The summed E-state index contributed by atoms with van der Waals surface area (Å²) in [5, 5.41) is 12.4. The van der Waals surface area contributed by atoms with Crippen molar-refractivity contribution in [1.82, 2.24) is 10.3 Å². The molecule has 1 aromatic carbocycles. The lowest BCUT2D eigenvalue weighted by molar-refractivity contribution is -0.142. The molecule has 1 saturated carbocycles. The average molecular weight is 359 g/mol. The van der Waals surface area contributed by atoms with Gasteiger partial charge < -0.3 is 10.4 Å². The molecule has 0 atom stereocenters. The number of rotatable bonds is 4. The Morgan fingerprint density at radius 3 is 2.52 bits per heavy atom. The zero-order chi connectivity index (χ0) is 17.8. The maximum absolute atomic E-state index is 12.6. The molecule has 130 valence electrons. The summed E-state index contributed by atoms with van der Waals surface area (Å²) >= 11 is 6.20. The highest BCUT2D eigenvalue weighted by Gasteiger charge is 2.27. The van der Waals surface area contributed by atoms with Gasteiger partial charge in [0.2, 0.25) is 0 Å². The highest BCUT2D eigenvalue weighted by Crippen LogP contribution is 2.27. The quantitative estimate of drug-likeness (QED) is 0.871. The molecule has 0 unspecified atom stereocenters. The third-order valence-corrected chi connectivity index (χ3v) is 4.91. The Kier molecular flexibility index (Phi) is 5.34. The molecule has 25 heavy (non-hydrogen) atoms. The van der Waals surface area contributed by atoms with Gasteiger partial charge >= 0.3 is 5.97 Å².